The van der Waals surface area contributed by atoms with Crippen molar-refractivity contribution in [3.63, 3.8) is 0 Å². The molecule has 0 spiro atoms. The van der Waals surface area contributed by atoms with Crippen LogP contribution < -0.4 is 9.47 Å². The largest absolute Gasteiger partial charge is 0.486 e. The molecule has 0 aliphatic heterocycles. The van der Waals surface area contributed by atoms with Crippen molar-refractivity contribution in [2.75, 3.05) is 13.2 Å². The fraction of sp³-hybridized carbons (Fsp3) is 0.444. The molecule has 4 heteroatoms. The molecule has 1 rings (SSSR count). The summed E-state index contributed by atoms with van der Waals surface area (Å²) in [6, 6.07) is 4.72. The third kappa shape index (κ3) is 11.9. The van der Waals surface area contributed by atoms with E-state index in [2.05, 4.69) is 59.8 Å². The molecule has 0 saturated heterocycles. The van der Waals surface area contributed by atoms with E-state index in [1.54, 1.807) is 6.07 Å². The van der Waals surface area contributed by atoms with E-state index in [0.717, 1.165) is 25.7 Å². The van der Waals surface area contributed by atoms with Crippen LogP contribution in [0.15, 0.2) is 64.8 Å². The van der Waals surface area contributed by atoms with Crippen molar-refractivity contribution in [2.24, 2.45) is 0 Å². The number of carboxylic acids is 1. The second-order valence-corrected chi connectivity index (χ2v) is 8.33. The predicted octanol–water partition coefficient (Wildman–Crippen LogP) is 7.53. The summed E-state index contributed by atoms with van der Waals surface area (Å²) in [5, 5.41) is 9.30. The molecule has 0 aliphatic rings. The molecule has 0 atom stereocenters. The lowest BCUT2D eigenvalue weighted by Crippen LogP contribution is -2.03. The van der Waals surface area contributed by atoms with E-state index in [0.29, 0.717) is 24.7 Å². The van der Waals surface area contributed by atoms with Crippen LogP contribution in [0.1, 0.15) is 77.6 Å². The van der Waals surface area contributed by atoms with Gasteiger partial charge in [-0.3, -0.25) is 0 Å². The summed E-state index contributed by atoms with van der Waals surface area (Å²) in [6.45, 7) is 13.4. The fourth-order valence-corrected chi connectivity index (χ4v) is 2.80. The van der Waals surface area contributed by atoms with Gasteiger partial charge < -0.3 is 14.6 Å². The Kier molecular flexibility index (Phi) is 12.1. The molecule has 1 aromatic rings. The molecule has 0 aromatic heterocycles. The van der Waals surface area contributed by atoms with E-state index in [-0.39, 0.29) is 5.56 Å². The first-order chi connectivity index (χ1) is 14.7. The smallest absolute Gasteiger partial charge is 0.335 e. The number of ether oxygens (including phenoxy) is 2. The number of aromatic carboxylic acids is 1. The molecule has 1 N–H and O–H groups in total. The summed E-state index contributed by atoms with van der Waals surface area (Å²) >= 11 is 0. The minimum atomic E-state index is -0.986. The summed E-state index contributed by atoms with van der Waals surface area (Å²) in [6.07, 6.45) is 12.5. The third-order valence-electron chi connectivity index (χ3n) is 4.71. The quantitative estimate of drug-likeness (QED) is 0.331. The van der Waals surface area contributed by atoms with Crippen molar-refractivity contribution in [1.29, 1.82) is 0 Å². The van der Waals surface area contributed by atoms with Crippen LogP contribution in [0.4, 0.5) is 0 Å². The molecule has 0 fully saturated rings. The molecule has 1 aromatic carbocycles. The zero-order valence-corrected chi connectivity index (χ0v) is 20.0. The summed E-state index contributed by atoms with van der Waals surface area (Å²) in [4.78, 5) is 11.3. The minimum absolute atomic E-state index is 0.181. The maximum atomic E-state index is 11.3. The Labute approximate surface area is 188 Å². The topological polar surface area (TPSA) is 55.8 Å². The molecule has 0 unspecified atom stereocenters. The monoisotopic (exact) mass is 426 g/mol. The lowest BCUT2D eigenvalue weighted by Gasteiger charge is -2.12. The van der Waals surface area contributed by atoms with E-state index in [4.69, 9.17) is 9.47 Å². The Hall–Kier alpha value is -2.75. The molecule has 0 radical (unpaired) electrons. The van der Waals surface area contributed by atoms with Crippen molar-refractivity contribution >= 4 is 5.97 Å². The number of allylic oxidation sites excluding steroid dienone is 6. The van der Waals surface area contributed by atoms with Crippen molar-refractivity contribution in [1.82, 2.24) is 0 Å². The molecule has 0 bridgehead atoms. The van der Waals surface area contributed by atoms with Crippen LogP contribution in [0.3, 0.4) is 0 Å². The van der Waals surface area contributed by atoms with Gasteiger partial charge >= 0.3 is 5.97 Å². The summed E-state index contributed by atoms with van der Waals surface area (Å²) in [5.74, 6) is 0.0117. The SMILES string of the molecule is CC(C)=CCCC(C)=CCOc1ccc(C(=O)O)cc1OCC=C(C)CCC=C(C)C. The lowest BCUT2D eigenvalue weighted by molar-refractivity contribution is 0.0696. The van der Waals surface area contributed by atoms with Gasteiger partial charge in [-0.25, -0.2) is 4.79 Å². The molecule has 0 aliphatic carbocycles. The van der Waals surface area contributed by atoms with Gasteiger partial charge in [-0.1, -0.05) is 34.4 Å². The van der Waals surface area contributed by atoms with Crippen LogP contribution in [0.25, 0.3) is 0 Å². The zero-order chi connectivity index (χ0) is 23.2. The minimum Gasteiger partial charge on any atom is -0.486 e. The van der Waals surface area contributed by atoms with Gasteiger partial charge in [-0.15, -0.1) is 0 Å². The number of hydrogen-bond acceptors (Lipinski definition) is 3. The first-order valence-electron chi connectivity index (χ1n) is 10.9. The van der Waals surface area contributed by atoms with E-state index < -0.39 is 5.97 Å². The maximum absolute atomic E-state index is 11.3. The highest BCUT2D eigenvalue weighted by molar-refractivity contribution is 5.88. The van der Waals surface area contributed by atoms with Crippen LogP contribution in [-0.2, 0) is 0 Å². The Bertz CT molecular complexity index is 833. The normalized spacial score (nSPS) is 11.7. The predicted molar refractivity (Wildman–Crippen MR) is 129 cm³/mol. The van der Waals surface area contributed by atoms with Crippen LogP contribution in [0.5, 0.6) is 11.5 Å². The number of benzene rings is 1. The van der Waals surface area contributed by atoms with E-state index >= 15 is 0 Å². The van der Waals surface area contributed by atoms with Crippen molar-refractivity contribution < 1.29 is 19.4 Å². The standard InChI is InChI=1S/C27H38O4/c1-20(2)9-7-11-22(5)15-17-30-25-14-13-24(27(28)29)19-26(25)31-18-16-23(6)12-8-10-21(3)4/h9-10,13-16,19H,7-8,11-12,17-18H2,1-6H3,(H,28,29). The summed E-state index contributed by atoms with van der Waals surface area (Å²) in [7, 11) is 0. The average molecular weight is 427 g/mol. The number of rotatable bonds is 13. The zero-order valence-electron chi connectivity index (χ0n) is 20.0. The second kappa shape index (κ2) is 14.3. The number of hydrogen-bond donors (Lipinski definition) is 1. The van der Waals surface area contributed by atoms with E-state index in [9.17, 15) is 9.90 Å². The molecule has 170 valence electrons. The van der Waals surface area contributed by atoms with Crippen molar-refractivity contribution in [3.8, 4) is 11.5 Å². The van der Waals surface area contributed by atoms with Crippen molar-refractivity contribution in [3.05, 3.63) is 70.4 Å². The lowest BCUT2D eigenvalue weighted by atomic mass is 10.1. The Morgan fingerprint density at radius 1 is 0.774 bits per heavy atom. The number of carboxylic acid groups (broad SMARTS) is 1. The molecule has 4 nitrogen and oxygen atoms in total. The Morgan fingerprint density at radius 3 is 1.71 bits per heavy atom. The van der Waals surface area contributed by atoms with E-state index in [1.807, 2.05) is 6.08 Å². The maximum Gasteiger partial charge on any atom is 0.335 e. The highest BCUT2D eigenvalue weighted by Crippen LogP contribution is 2.29. The Balaban J connectivity index is 2.75. The molecule has 0 saturated carbocycles. The molecule has 0 amide bonds. The van der Waals surface area contributed by atoms with Crippen LogP contribution in [-0.4, -0.2) is 24.3 Å². The van der Waals surface area contributed by atoms with Gasteiger partial charge in [0.25, 0.3) is 0 Å². The molecular weight excluding hydrogens is 388 g/mol. The van der Waals surface area contributed by atoms with Gasteiger partial charge in [0, 0.05) is 0 Å². The molecular formula is C27H38O4. The van der Waals surface area contributed by atoms with Gasteiger partial charge in [0.05, 0.1) is 5.56 Å². The van der Waals surface area contributed by atoms with Crippen LogP contribution in [0, 0.1) is 0 Å². The summed E-state index contributed by atoms with van der Waals surface area (Å²) < 4.78 is 11.7. The van der Waals surface area contributed by atoms with Gasteiger partial charge in [0.2, 0.25) is 0 Å². The van der Waals surface area contributed by atoms with Gasteiger partial charge in [-0.2, -0.15) is 0 Å². The molecule has 31 heavy (non-hydrogen) atoms. The molecule has 0 heterocycles. The second-order valence-electron chi connectivity index (χ2n) is 8.33. The van der Waals surface area contributed by atoms with Gasteiger partial charge in [0.1, 0.15) is 13.2 Å². The van der Waals surface area contributed by atoms with Gasteiger partial charge in [-0.05, 0) is 97.6 Å². The fourth-order valence-electron chi connectivity index (χ4n) is 2.80. The van der Waals surface area contributed by atoms with E-state index in [1.165, 1.54) is 34.4 Å². The summed E-state index contributed by atoms with van der Waals surface area (Å²) in [5.41, 5.74) is 5.32. The third-order valence-corrected chi connectivity index (χ3v) is 4.71. The number of carbonyl (C=O) groups is 1. The van der Waals surface area contributed by atoms with Crippen LogP contribution >= 0.6 is 0 Å². The van der Waals surface area contributed by atoms with Crippen molar-refractivity contribution in [2.45, 2.75) is 67.2 Å². The highest BCUT2D eigenvalue weighted by atomic mass is 16.5. The first-order valence-corrected chi connectivity index (χ1v) is 10.9. The highest BCUT2D eigenvalue weighted by Gasteiger charge is 2.10. The Morgan fingerprint density at radius 2 is 1.26 bits per heavy atom. The first kappa shape index (κ1) is 26.3. The van der Waals surface area contributed by atoms with Crippen LogP contribution in [0.2, 0.25) is 0 Å². The average Bonchev–Trinajstić information content (AvgIpc) is 2.68. The van der Waals surface area contributed by atoms with Gasteiger partial charge in [0.15, 0.2) is 11.5 Å².